The third-order valence-corrected chi connectivity index (χ3v) is 5.66. The molecule has 0 spiro atoms. The van der Waals surface area contributed by atoms with E-state index < -0.39 is 5.82 Å². The van der Waals surface area contributed by atoms with Crippen LogP contribution in [-0.2, 0) is 0 Å². The van der Waals surface area contributed by atoms with Crippen LogP contribution in [0.15, 0.2) is 55.0 Å². The van der Waals surface area contributed by atoms with Gasteiger partial charge >= 0.3 is 6.01 Å². The Morgan fingerprint density at radius 3 is 2.50 bits per heavy atom. The number of aryl methyl sites for hydroxylation is 3. The zero-order chi connectivity index (χ0) is 24.0. The van der Waals surface area contributed by atoms with Crippen LogP contribution in [0.25, 0.3) is 28.0 Å². The number of hydrogen-bond acceptors (Lipinski definition) is 7. The van der Waals surface area contributed by atoms with Gasteiger partial charge in [0.2, 0.25) is 0 Å². The molecule has 0 bridgehead atoms. The van der Waals surface area contributed by atoms with Gasteiger partial charge in [-0.15, -0.1) is 0 Å². The Hall–Kier alpha value is -4.53. The SMILES string of the molecule is Cc1ccnc(Oc2ccc(-n3c(-c4ccc(N)cc4C)c(C)c4ncnc(N)c43)cc2F)n1. The van der Waals surface area contributed by atoms with E-state index in [1.54, 1.807) is 25.3 Å². The van der Waals surface area contributed by atoms with Gasteiger partial charge in [-0.25, -0.2) is 24.3 Å². The Kier molecular flexibility index (Phi) is 5.09. The molecule has 4 N–H and O–H groups in total. The largest absolute Gasteiger partial charge is 0.421 e. The zero-order valence-corrected chi connectivity index (χ0v) is 18.9. The third-order valence-electron chi connectivity index (χ3n) is 5.66. The van der Waals surface area contributed by atoms with Crippen molar-refractivity contribution in [3.63, 3.8) is 0 Å². The standard InChI is InChI=1S/C25H22FN7O/c1-13-10-16(27)4-6-18(13)22-15(3)21-23(24(28)31-12-30-21)33(22)17-5-7-20(19(26)11-17)34-25-29-9-8-14(2)32-25/h4-12H,27H2,1-3H3,(H2,28,30,31). The van der Waals surface area contributed by atoms with Gasteiger partial charge in [-0.3, -0.25) is 0 Å². The summed E-state index contributed by atoms with van der Waals surface area (Å²) in [7, 11) is 0. The number of rotatable bonds is 4. The van der Waals surface area contributed by atoms with Crippen LogP contribution in [0.3, 0.4) is 0 Å². The second-order valence-electron chi connectivity index (χ2n) is 8.04. The number of nitrogens with two attached hydrogens (primary N) is 2. The first-order valence-corrected chi connectivity index (χ1v) is 10.6. The van der Waals surface area contributed by atoms with E-state index in [2.05, 4.69) is 19.9 Å². The number of benzene rings is 2. The van der Waals surface area contributed by atoms with E-state index in [4.69, 9.17) is 16.2 Å². The molecule has 0 unspecified atom stereocenters. The summed E-state index contributed by atoms with van der Waals surface area (Å²) in [5, 5.41) is 0. The van der Waals surface area contributed by atoms with Crippen LogP contribution in [0.5, 0.6) is 11.8 Å². The Morgan fingerprint density at radius 2 is 1.76 bits per heavy atom. The number of fused-ring (bicyclic) bond motifs is 1. The van der Waals surface area contributed by atoms with Gasteiger partial charge in [0.15, 0.2) is 17.4 Å². The quantitative estimate of drug-likeness (QED) is 0.370. The molecule has 3 aromatic heterocycles. The van der Waals surface area contributed by atoms with E-state index in [1.165, 1.54) is 18.5 Å². The molecule has 0 fully saturated rings. The minimum Gasteiger partial charge on any atom is -0.421 e. The Labute approximate surface area is 195 Å². The van der Waals surface area contributed by atoms with Crippen molar-refractivity contribution < 1.29 is 9.13 Å². The highest BCUT2D eigenvalue weighted by molar-refractivity contribution is 5.96. The predicted molar refractivity (Wildman–Crippen MR) is 129 cm³/mol. The first kappa shape index (κ1) is 21.3. The number of nitrogen functional groups attached to an aromatic ring is 2. The van der Waals surface area contributed by atoms with Crippen LogP contribution in [0.2, 0.25) is 0 Å². The number of aromatic nitrogens is 5. The molecule has 0 aliphatic rings. The molecule has 3 heterocycles. The molecule has 5 aromatic rings. The molecule has 0 atom stereocenters. The molecule has 5 rings (SSSR count). The molecule has 0 saturated carbocycles. The minimum atomic E-state index is -0.572. The Balaban J connectivity index is 1.71. The molecule has 0 aliphatic heterocycles. The van der Waals surface area contributed by atoms with Crippen LogP contribution < -0.4 is 16.2 Å². The second kappa shape index (κ2) is 8.11. The van der Waals surface area contributed by atoms with Crippen LogP contribution in [-0.4, -0.2) is 24.5 Å². The van der Waals surface area contributed by atoms with Gasteiger partial charge in [0, 0.05) is 40.5 Å². The van der Waals surface area contributed by atoms with Crippen LogP contribution >= 0.6 is 0 Å². The topological polar surface area (TPSA) is 118 Å². The van der Waals surface area contributed by atoms with Crippen LogP contribution in [0.4, 0.5) is 15.9 Å². The van der Waals surface area contributed by atoms with Crippen molar-refractivity contribution in [1.29, 1.82) is 0 Å². The molecular formula is C25H22FN7O. The van der Waals surface area contributed by atoms with Gasteiger partial charge in [0.1, 0.15) is 11.8 Å². The van der Waals surface area contributed by atoms with Crippen molar-refractivity contribution in [2.75, 3.05) is 11.5 Å². The summed E-state index contributed by atoms with van der Waals surface area (Å²) in [4.78, 5) is 16.8. The first-order chi connectivity index (χ1) is 16.3. The first-order valence-electron chi connectivity index (χ1n) is 10.6. The number of halogens is 1. The molecule has 2 aromatic carbocycles. The van der Waals surface area contributed by atoms with Gasteiger partial charge in [0.05, 0.1) is 11.2 Å². The smallest absolute Gasteiger partial charge is 0.322 e. The van der Waals surface area contributed by atoms with Crippen molar-refractivity contribution in [2.45, 2.75) is 20.8 Å². The number of nitrogens with zero attached hydrogens (tertiary/aromatic N) is 5. The van der Waals surface area contributed by atoms with Crippen molar-refractivity contribution in [1.82, 2.24) is 24.5 Å². The van der Waals surface area contributed by atoms with E-state index in [0.717, 1.165) is 28.1 Å². The van der Waals surface area contributed by atoms with E-state index >= 15 is 4.39 Å². The summed E-state index contributed by atoms with van der Waals surface area (Å²) < 4.78 is 22.7. The third kappa shape index (κ3) is 3.57. The summed E-state index contributed by atoms with van der Waals surface area (Å²) in [5.41, 5.74) is 19.1. The lowest BCUT2D eigenvalue weighted by atomic mass is 10.0. The highest BCUT2D eigenvalue weighted by atomic mass is 19.1. The van der Waals surface area contributed by atoms with Gasteiger partial charge < -0.3 is 20.8 Å². The van der Waals surface area contributed by atoms with Crippen molar-refractivity contribution >= 4 is 22.5 Å². The molecule has 9 heteroatoms. The maximum Gasteiger partial charge on any atom is 0.322 e. The summed E-state index contributed by atoms with van der Waals surface area (Å²) in [5.74, 6) is -0.268. The van der Waals surface area contributed by atoms with E-state index in [9.17, 15) is 0 Å². The highest BCUT2D eigenvalue weighted by Crippen LogP contribution is 2.39. The number of anilines is 2. The fourth-order valence-electron chi connectivity index (χ4n) is 4.10. The Morgan fingerprint density at radius 1 is 0.941 bits per heavy atom. The zero-order valence-electron chi connectivity index (χ0n) is 18.9. The molecule has 170 valence electrons. The lowest BCUT2D eigenvalue weighted by Gasteiger charge is -2.15. The average Bonchev–Trinajstić information content (AvgIpc) is 3.09. The van der Waals surface area contributed by atoms with Crippen molar-refractivity contribution in [2.24, 2.45) is 0 Å². The summed E-state index contributed by atoms with van der Waals surface area (Å²) in [6.07, 6.45) is 2.98. The van der Waals surface area contributed by atoms with Gasteiger partial charge in [-0.05, 0) is 56.7 Å². The van der Waals surface area contributed by atoms with Crippen molar-refractivity contribution in [3.8, 4) is 28.7 Å². The number of hydrogen-bond donors (Lipinski definition) is 2. The summed E-state index contributed by atoms with van der Waals surface area (Å²) >= 11 is 0. The maximum atomic E-state index is 15.2. The molecule has 0 saturated heterocycles. The molecular weight excluding hydrogens is 433 g/mol. The number of ether oxygens (including phenoxy) is 1. The molecule has 0 amide bonds. The minimum absolute atomic E-state index is 0.0111. The summed E-state index contributed by atoms with van der Waals surface area (Å²) in [6.45, 7) is 5.74. The second-order valence-corrected chi connectivity index (χ2v) is 8.04. The molecule has 8 nitrogen and oxygen atoms in total. The predicted octanol–water partition coefficient (Wildman–Crippen LogP) is 4.90. The lowest BCUT2D eigenvalue weighted by Crippen LogP contribution is -2.03. The highest BCUT2D eigenvalue weighted by Gasteiger charge is 2.22. The van der Waals surface area contributed by atoms with E-state index in [-0.39, 0.29) is 11.8 Å². The fourth-order valence-corrected chi connectivity index (χ4v) is 4.10. The molecule has 0 radical (unpaired) electrons. The van der Waals surface area contributed by atoms with Gasteiger partial charge in [-0.1, -0.05) is 6.07 Å². The van der Waals surface area contributed by atoms with Crippen molar-refractivity contribution in [3.05, 3.63) is 77.6 Å². The van der Waals surface area contributed by atoms with Gasteiger partial charge in [0.25, 0.3) is 0 Å². The van der Waals surface area contributed by atoms with Gasteiger partial charge in [-0.2, -0.15) is 0 Å². The fraction of sp³-hybridized carbons (Fsp3) is 0.120. The molecule has 0 aliphatic carbocycles. The van der Waals surface area contributed by atoms with Crippen LogP contribution in [0.1, 0.15) is 16.8 Å². The van der Waals surface area contributed by atoms with E-state index in [1.807, 2.05) is 36.6 Å². The molecule has 34 heavy (non-hydrogen) atoms. The van der Waals surface area contributed by atoms with Crippen LogP contribution in [0, 0.1) is 26.6 Å². The van der Waals surface area contributed by atoms with E-state index in [0.29, 0.717) is 28.2 Å². The monoisotopic (exact) mass is 455 g/mol. The normalized spacial score (nSPS) is 11.2. The summed E-state index contributed by atoms with van der Waals surface area (Å²) in [6, 6.07) is 12.1. The lowest BCUT2D eigenvalue weighted by molar-refractivity contribution is 0.410. The Bertz CT molecular complexity index is 1560. The maximum absolute atomic E-state index is 15.2. The average molecular weight is 455 g/mol.